The zero-order valence-corrected chi connectivity index (χ0v) is 14.5. The van der Waals surface area contributed by atoms with Crippen LogP contribution in [-0.2, 0) is 9.59 Å². The zero-order chi connectivity index (χ0) is 17.0. The van der Waals surface area contributed by atoms with Crippen molar-refractivity contribution in [3.63, 3.8) is 0 Å². The molecule has 0 aliphatic carbocycles. The molecule has 1 unspecified atom stereocenters. The van der Waals surface area contributed by atoms with Crippen molar-refractivity contribution in [2.24, 2.45) is 11.8 Å². The number of aryl methyl sites for hydroxylation is 2. The van der Waals surface area contributed by atoms with Crippen molar-refractivity contribution in [3.8, 4) is 0 Å². The van der Waals surface area contributed by atoms with Gasteiger partial charge in [-0.15, -0.1) is 0 Å². The van der Waals surface area contributed by atoms with Gasteiger partial charge in [0.1, 0.15) is 0 Å². The Labute approximate surface area is 138 Å². The number of carbonyl (C=O) groups excluding carboxylic acids is 2. The summed E-state index contributed by atoms with van der Waals surface area (Å²) >= 11 is 0. The number of carbonyl (C=O) groups is 2. The molecule has 1 aromatic carbocycles. The van der Waals surface area contributed by atoms with Crippen molar-refractivity contribution in [1.29, 1.82) is 0 Å². The van der Waals surface area contributed by atoms with Crippen molar-refractivity contribution < 1.29 is 9.59 Å². The smallest absolute Gasteiger partial charge is 0.244 e. The molecule has 2 N–H and O–H groups in total. The lowest BCUT2D eigenvalue weighted by atomic mass is 9.88. The maximum Gasteiger partial charge on any atom is 0.244 e. The van der Waals surface area contributed by atoms with E-state index in [1.807, 2.05) is 45.9 Å². The van der Waals surface area contributed by atoms with Crippen LogP contribution in [0.2, 0.25) is 0 Å². The lowest BCUT2D eigenvalue weighted by Crippen LogP contribution is -2.51. The average Bonchev–Trinajstić information content (AvgIpc) is 2.46. The summed E-state index contributed by atoms with van der Waals surface area (Å²) in [6.45, 7) is 10.2. The van der Waals surface area contributed by atoms with Crippen LogP contribution in [0.5, 0.6) is 0 Å². The second-order valence-corrected chi connectivity index (χ2v) is 6.37. The molecule has 5 nitrogen and oxygen atoms in total. The van der Waals surface area contributed by atoms with Crippen molar-refractivity contribution in [2.45, 2.75) is 27.7 Å². The maximum atomic E-state index is 12.5. The maximum absolute atomic E-state index is 12.5. The first-order valence-corrected chi connectivity index (χ1v) is 8.29. The number of hydrogen-bond acceptors (Lipinski definition) is 3. The molecule has 0 saturated carbocycles. The van der Waals surface area contributed by atoms with Gasteiger partial charge in [0, 0.05) is 18.2 Å². The quantitative estimate of drug-likeness (QED) is 0.843. The predicted octanol–water partition coefficient (Wildman–Crippen LogP) is 1.95. The zero-order valence-electron chi connectivity index (χ0n) is 14.5. The molecule has 126 valence electrons. The lowest BCUT2D eigenvalue weighted by Gasteiger charge is -2.34. The number of likely N-dealkylation sites (N-methyl/N-ethyl adjacent to an activating group) is 1. The highest BCUT2D eigenvalue weighted by molar-refractivity contribution is 5.96. The van der Waals surface area contributed by atoms with Crippen molar-refractivity contribution in [2.75, 3.05) is 31.5 Å². The summed E-state index contributed by atoms with van der Waals surface area (Å²) in [5.74, 6) is 0.273. The second-order valence-electron chi connectivity index (χ2n) is 6.37. The van der Waals surface area contributed by atoms with Crippen LogP contribution in [0.1, 0.15) is 25.0 Å². The van der Waals surface area contributed by atoms with Crippen LogP contribution in [0.15, 0.2) is 18.2 Å². The highest BCUT2D eigenvalue weighted by Gasteiger charge is 2.31. The van der Waals surface area contributed by atoms with Gasteiger partial charge in [0.2, 0.25) is 11.8 Å². The Bertz CT molecular complexity index is 561. The van der Waals surface area contributed by atoms with Crippen molar-refractivity contribution >= 4 is 17.5 Å². The predicted molar refractivity (Wildman–Crippen MR) is 92.3 cm³/mol. The van der Waals surface area contributed by atoms with E-state index in [2.05, 4.69) is 10.6 Å². The van der Waals surface area contributed by atoms with E-state index in [0.29, 0.717) is 12.5 Å². The summed E-state index contributed by atoms with van der Waals surface area (Å²) < 4.78 is 0. The minimum Gasteiger partial charge on any atom is -0.333 e. The summed E-state index contributed by atoms with van der Waals surface area (Å²) in [6.07, 6.45) is 0. The molecule has 2 rings (SSSR count). The van der Waals surface area contributed by atoms with Crippen LogP contribution in [0, 0.1) is 25.7 Å². The molecule has 2 amide bonds. The van der Waals surface area contributed by atoms with Gasteiger partial charge in [0.25, 0.3) is 0 Å². The van der Waals surface area contributed by atoms with Gasteiger partial charge in [-0.05, 0) is 50.9 Å². The third kappa shape index (κ3) is 4.10. The van der Waals surface area contributed by atoms with Gasteiger partial charge >= 0.3 is 0 Å². The molecule has 1 fully saturated rings. The molecular weight excluding hydrogens is 290 g/mol. The fourth-order valence-corrected chi connectivity index (χ4v) is 2.86. The van der Waals surface area contributed by atoms with E-state index in [4.69, 9.17) is 0 Å². The molecule has 23 heavy (non-hydrogen) atoms. The van der Waals surface area contributed by atoms with E-state index in [1.54, 1.807) is 4.90 Å². The van der Waals surface area contributed by atoms with Crippen LogP contribution in [0.4, 0.5) is 5.69 Å². The molecule has 0 spiro atoms. The van der Waals surface area contributed by atoms with Crippen molar-refractivity contribution in [3.05, 3.63) is 29.3 Å². The topological polar surface area (TPSA) is 61.4 Å². The van der Waals surface area contributed by atoms with Crippen LogP contribution in [0.25, 0.3) is 0 Å². The number of hydrogen-bond donors (Lipinski definition) is 2. The molecule has 0 radical (unpaired) electrons. The van der Waals surface area contributed by atoms with E-state index in [0.717, 1.165) is 29.9 Å². The second kappa shape index (κ2) is 7.59. The Morgan fingerprint density at radius 1 is 1.30 bits per heavy atom. The molecule has 1 aromatic rings. The Hall–Kier alpha value is -1.88. The van der Waals surface area contributed by atoms with Gasteiger partial charge in [-0.2, -0.15) is 0 Å². The monoisotopic (exact) mass is 317 g/mol. The van der Waals surface area contributed by atoms with E-state index < -0.39 is 0 Å². The molecule has 1 atom stereocenters. The molecular formula is C18H27N3O2. The van der Waals surface area contributed by atoms with Gasteiger partial charge in [-0.1, -0.05) is 25.1 Å². The highest BCUT2D eigenvalue weighted by atomic mass is 16.2. The first kappa shape index (κ1) is 17.5. The third-order valence-electron chi connectivity index (χ3n) is 4.68. The Morgan fingerprint density at radius 2 is 1.91 bits per heavy atom. The van der Waals surface area contributed by atoms with Gasteiger partial charge in [-0.25, -0.2) is 0 Å². The summed E-state index contributed by atoms with van der Waals surface area (Å²) in [5.41, 5.74) is 2.90. The third-order valence-corrected chi connectivity index (χ3v) is 4.68. The number of amides is 2. The number of para-hydroxylation sites is 1. The highest BCUT2D eigenvalue weighted by Crippen LogP contribution is 2.20. The molecule has 1 saturated heterocycles. The van der Waals surface area contributed by atoms with Crippen LogP contribution in [0.3, 0.4) is 0 Å². The summed E-state index contributed by atoms with van der Waals surface area (Å²) in [5, 5.41) is 6.14. The van der Waals surface area contributed by atoms with Gasteiger partial charge in [0.05, 0.1) is 6.54 Å². The average molecular weight is 317 g/mol. The molecule has 0 aromatic heterocycles. The summed E-state index contributed by atoms with van der Waals surface area (Å²) in [6, 6.07) is 5.91. The number of nitrogens with one attached hydrogen (secondary N) is 2. The van der Waals surface area contributed by atoms with Gasteiger partial charge in [-0.3, -0.25) is 9.59 Å². The largest absolute Gasteiger partial charge is 0.333 e. The number of rotatable bonds is 6. The number of anilines is 1. The SMILES string of the molecule is CCN(CC(=O)Nc1c(C)cccc1C)C(=O)C(C)C1CNC1. The number of benzene rings is 1. The standard InChI is InChI=1S/C18H27N3O2/c1-5-21(18(23)14(4)15-9-19-10-15)11-16(22)20-17-12(2)7-6-8-13(17)3/h6-8,14-15,19H,5,9-11H2,1-4H3,(H,20,22). The fraction of sp³-hybridized carbons (Fsp3) is 0.556. The van der Waals surface area contributed by atoms with E-state index in [9.17, 15) is 9.59 Å². The molecule has 0 bridgehead atoms. The van der Waals surface area contributed by atoms with Crippen molar-refractivity contribution in [1.82, 2.24) is 10.2 Å². The normalized spacial score (nSPS) is 15.7. The van der Waals surface area contributed by atoms with E-state index in [1.165, 1.54) is 0 Å². The minimum absolute atomic E-state index is 0.0378. The van der Waals surface area contributed by atoms with E-state index >= 15 is 0 Å². The first-order valence-electron chi connectivity index (χ1n) is 8.29. The Kier molecular flexibility index (Phi) is 5.77. The molecule has 5 heteroatoms. The summed E-state index contributed by atoms with van der Waals surface area (Å²) in [4.78, 5) is 26.5. The minimum atomic E-state index is -0.142. The molecule has 1 aliphatic rings. The molecule has 1 heterocycles. The Balaban J connectivity index is 1.98. The van der Waals surface area contributed by atoms with Crippen LogP contribution in [-0.4, -0.2) is 42.9 Å². The van der Waals surface area contributed by atoms with E-state index in [-0.39, 0.29) is 24.3 Å². The first-order chi connectivity index (χ1) is 10.9. The Morgan fingerprint density at radius 3 is 2.39 bits per heavy atom. The summed E-state index contributed by atoms with van der Waals surface area (Å²) in [7, 11) is 0. The fourth-order valence-electron chi connectivity index (χ4n) is 2.86. The lowest BCUT2D eigenvalue weighted by molar-refractivity contribution is -0.139. The van der Waals surface area contributed by atoms with Crippen LogP contribution < -0.4 is 10.6 Å². The van der Waals surface area contributed by atoms with Gasteiger partial charge < -0.3 is 15.5 Å². The number of nitrogens with zero attached hydrogens (tertiary/aromatic N) is 1. The molecule has 1 aliphatic heterocycles. The van der Waals surface area contributed by atoms with Gasteiger partial charge in [0.15, 0.2) is 0 Å². The van der Waals surface area contributed by atoms with Crippen LogP contribution >= 0.6 is 0 Å².